The van der Waals surface area contributed by atoms with Gasteiger partial charge in [0.1, 0.15) is 11.6 Å². The molecule has 0 spiro atoms. The van der Waals surface area contributed by atoms with Crippen molar-refractivity contribution in [3.8, 4) is 0 Å². The summed E-state index contributed by atoms with van der Waals surface area (Å²) in [5.41, 5.74) is 0.738. The van der Waals surface area contributed by atoms with Crippen molar-refractivity contribution >= 4 is 27.5 Å². The van der Waals surface area contributed by atoms with Crippen molar-refractivity contribution in [2.24, 2.45) is 0 Å². The molecule has 0 aromatic heterocycles. The lowest BCUT2D eigenvalue weighted by atomic mass is 10.0. The Balaban J connectivity index is 1.59. The highest BCUT2D eigenvalue weighted by atomic mass is 19.1. The third kappa shape index (κ3) is 3.14. The predicted molar refractivity (Wildman–Crippen MR) is 99.0 cm³/mol. The van der Waals surface area contributed by atoms with E-state index in [1.807, 2.05) is 42.5 Å². The highest BCUT2D eigenvalue weighted by Gasteiger charge is 2.09. The lowest BCUT2D eigenvalue weighted by Crippen LogP contribution is -2.23. The Hall–Kier alpha value is -3.27. The third-order valence-corrected chi connectivity index (χ3v) is 4.42. The summed E-state index contributed by atoms with van der Waals surface area (Å²) in [5, 5.41) is 6.93. The van der Waals surface area contributed by atoms with Crippen molar-refractivity contribution < 1.29 is 13.6 Å². The molecule has 26 heavy (non-hydrogen) atoms. The molecule has 4 rings (SSSR count). The number of hydrogen-bond donors (Lipinski definition) is 1. The zero-order valence-electron chi connectivity index (χ0n) is 13.8. The van der Waals surface area contributed by atoms with E-state index in [0.717, 1.165) is 27.6 Å². The van der Waals surface area contributed by atoms with Crippen LogP contribution in [-0.4, -0.2) is 5.91 Å². The Morgan fingerprint density at radius 1 is 0.769 bits per heavy atom. The van der Waals surface area contributed by atoms with Gasteiger partial charge >= 0.3 is 0 Å². The monoisotopic (exact) mass is 347 g/mol. The summed E-state index contributed by atoms with van der Waals surface area (Å²) in [6.45, 7) is 0.000699. The van der Waals surface area contributed by atoms with Crippen LogP contribution in [0.3, 0.4) is 0 Å². The summed E-state index contributed by atoms with van der Waals surface area (Å²) in [4.78, 5) is 12.4. The van der Waals surface area contributed by atoms with Crippen LogP contribution in [0.5, 0.6) is 0 Å². The number of nitrogens with one attached hydrogen (secondary N) is 1. The lowest BCUT2D eigenvalue weighted by molar-refractivity contribution is 0.0950. The van der Waals surface area contributed by atoms with E-state index in [9.17, 15) is 13.6 Å². The molecule has 0 fully saturated rings. The molecule has 0 aliphatic rings. The molecule has 0 saturated heterocycles. The molecule has 0 bridgehead atoms. The summed E-state index contributed by atoms with van der Waals surface area (Å²) in [6.07, 6.45) is 0. The fourth-order valence-electron chi connectivity index (χ4n) is 3.02. The zero-order chi connectivity index (χ0) is 18.1. The number of hydrogen-bond acceptors (Lipinski definition) is 1. The minimum Gasteiger partial charge on any atom is -0.348 e. The van der Waals surface area contributed by atoms with Gasteiger partial charge in [0.25, 0.3) is 5.91 Å². The predicted octanol–water partition coefficient (Wildman–Crippen LogP) is 5.20. The van der Waals surface area contributed by atoms with Gasteiger partial charge in [-0.2, -0.15) is 0 Å². The van der Waals surface area contributed by atoms with E-state index in [1.54, 1.807) is 6.07 Å². The van der Waals surface area contributed by atoms with Crippen LogP contribution in [0.15, 0.2) is 72.8 Å². The quantitative estimate of drug-likeness (QED) is 0.507. The molecule has 4 heteroatoms. The summed E-state index contributed by atoms with van der Waals surface area (Å²) >= 11 is 0. The molecule has 1 N–H and O–H groups in total. The third-order valence-electron chi connectivity index (χ3n) is 4.42. The Morgan fingerprint density at radius 2 is 1.46 bits per heavy atom. The number of benzene rings is 4. The first kappa shape index (κ1) is 16.2. The molecule has 1 amide bonds. The zero-order valence-corrected chi connectivity index (χ0v) is 13.8. The van der Waals surface area contributed by atoms with Crippen molar-refractivity contribution in [1.82, 2.24) is 5.32 Å². The normalized spacial score (nSPS) is 11.0. The minimum absolute atomic E-state index is 0.000699. The Labute approximate surface area is 149 Å². The van der Waals surface area contributed by atoms with Crippen LogP contribution in [0.4, 0.5) is 8.78 Å². The molecule has 0 unspecified atom stereocenters. The van der Waals surface area contributed by atoms with Gasteiger partial charge in [-0.05, 0) is 51.9 Å². The maximum Gasteiger partial charge on any atom is 0.251 e. The van der Waals surface area contributed by atoms with Gasteiger partial charge in [0.15, 0.2) is 0 Å². The van der Waals surface area contributed by atoms with E-state index in [2.05, 4.69) is 11.4 Å². The molecule has 0 aliphatic heterocycles. The second-order valence-corrected chi connectivity index (χ2v) is 6.18. The highest BCUT2D eigenvalue weighted by molar-refractivity contribution is 6.02. The first-order valence-corrected chi connectivity index (χ1v) is 8.25. The summed E-state index contributed by atoms with van der Waals surface area (Å²) < 4.78 is 26.6. The molecule has 2 nitrogen and oxygen atoms in total. The summed E-state index contributed by atoms with van der Waals surface area (Å²) in [7, 11) is 0. The molecule has 4 aromatic carbocycles. The highest BCUT2D eigenvalue weighted by Crippen LogP contribution is 2.23. The molecule has 0 saturated carbocycles. The second kappa shape index (κ2) is 6.56. The van der Waals surface area contributed by atoms with E-state index in [4.69, 9.17) is 0 Å². The Bertz CT molecular complexity index is 1140. The van der Waals surface area contributed by atoms with Crippen LogP contribution in [0.25, 0.3) is 21.5 Å². The van der Waals surface area contributed by atoms with E-state index < -0.39 is 11.6 Å². The van der Waals surface area contributed by atoms with Crippen molar-refractivity contribution in [1.29, 1.82) is 0 Å². The van der Waals surface area contributed by atoms with Crippen LogP contribution in [-0.2, 0) is 6.54 Å². The summed E-state index contributed by atoms with van der Waals surface area (Å²) in [5.74, 6) is -1.61. The number of fused-ring (bicyclic) bond motifs is 2. The molecule has 0 aliphatic carbocycles. The molecule has 0 heterocycles. The van der Waals surface area contributed by atoms with Gasteiger partial charge in [0, 0.05) is 23.7 Å². The summed E-state index contributed by atoms with van der Waals surface area (Å²) in [6, 6.07) is 20.9. The average Bonchev–Trinajstić information content (AvgIpc) is 2.65. The van der Waals surface area contributed by atoms with Gasteiger partial charge in [-0.15, -0.1) is 0 Å². The van der Waals surface area contributed by atoms with Gasteiger partial charge in [0.2, 0.25) is 0 Å². The topological polar surface area (TPSA) is 29.1 Å². The van der Waals surface area contributed by atoms with Gasteiger partial charge in [-0.1, -0.05) is 36.4 Å². The maximum absolute atomic E-state index is 13.7. The van der Waals surface area contributed by atoms with E-state index >= 15 is 0 Å². The average molecular weight is 347 g/mol. The number of carbonyl (C=O) groups excluding carboxylic acids is 1. The largest absolute Gasteiger partial charge is 0.348 e. The van der Waals surface area contributed by atoms with Crippen molar-refractivity contribution in [3.63, 3.8) is 0 Å². The number of halogens is 2. The smallest absolute Gasteiger partial charge is 0.251 e. The molecular formula is C22H15F2NO. The fraction of sp³-hybridized carbons (Fsp3) is 0.0455. The molecule has 128 valence electrons. The van der Waals surface area contributed by atoms with Gasteiger partial charge < -0.3 is 5.32 Å². The van der Waals surface area contributed by atoms with Gasteiger partial charge in [-0.3, -0.25) is 4.79 Å². The standard InChI is InChI=1S/C22H15F2NO/c23-20-8-7-18(21(24)12-20)13-25-22(26)17-6-5-16-9-14-3-1-2-4-15(14)10-19(16)11-17/h1-12H,13H2,(H,25,26). The molecule has 4 aromatic rings. The molecular weight excluding hydrogens is 332 g/mol. The van der Waals surface area contributed by atoms with Crippen molar-refractivity contribution in [2.75, 3.05) is 0 Å². The number of amides is 1. The van der Waals surface area contributed by atoms with Gasteiger partial charge in [-0.25, -0.2) is 8.78 Å². The van der Waals surface area contributed by atoms with E-state index in [0.29, 0.717) is 5.56 Å². The maximum atomic E-state index is 13.7. The molecule has 0 atom stereocenters. The second-order valence-electron chi connectivity index (χ2n) is 6.18. The van der Waals surface area contributed by atoms with Gasteiger partial charge in [0.05, 0.1) is 0 Å². The first-order valence-electron chi connectivity index (χ1n) is 8.25. The van der Waals surface area contributed by atoms with Crippen molar-refractivity contribution in [2.45, 2.75) is 6.54 Å². The number of rotatable bonds is 3. The van der Waals surface area contributed by atoms with Crippen molar-refractivity contribution in [3.05, 3.63) is 95.6 Å². The van der Waals surface area contributed by atoms with Crippen LogP contribution in [0.2, 0.25) is 0 Å². The van der Waals surface area contributed by atoms with E-state index in [1.165, 1.54) is 12.1 Å². The molecule has 0 radical (unpaired) electrons. The first-order chi connectivity index (χ1) is 12.6. The van der Waals surface area contributed by atoms with Crippen LogP contribution in [0, 0.1) is 11.6 Å². The fourth-order valence-corrected chi connectivity index (χ4v) is 3.02. The SMILES string of the molecule is O=C(NCc1ccc(F)cc1F)c1ccc2cc3ccccc3cc2c1. The Kier molecular flexibility index (Phi) is 4.09. The minimum atomic E-state index is -0.671. The van der Waals surface area contributed by atoms with Crippen LogP contribution in [0.1, 0.15) is 15.9 Å². The van der Waals surface area contributed by atoms with Crippen LogP contribution < -0.4 is 5.32 Å². The lowest BCUT2D eigenvalue weighted by Gasteiger charge is -2.08. The van der Waals surface area contributed by atoms with Crippen LogP contribution >= 0.6 is 0 Å². The van der Waals surface area contributed by atoms with E-state index in [-0.39, 0.29) is 18.0 Å². The Morgan fingerprint density at radius 3 is 2.19 bits per heavy atom. The number of carbonyl (C=O) groups is 1.